The molecule has 6 nitrogen and oxygen atoms in total. The van der Waals surface area contributed by atoms with Crippen molar-refractivity contribution < 1.29 is 31.1 Å². The number of nitrogens with one attached hydrogen (secondary N) is 2. The monoisotopic (exact) mass is 687 g/mol. The van der Waals surface area contributed by atoms with Crippen LogP contribution < -0.4 is 16.8 Å². The number of hydrogen-bond donors (Lipinski definition) is 4. The third kappa shape index (κ3) is 5.03. The van der Waals surface area contributed by atoms with E-state index < -0.39 is 0 Å². The Kier molecular flexibility index (Phi) is 10.1. The van der Waals surface area contributed by atoms with Crippen molar-refractivity contribution in [1.29, 1.82) is 5.41 Å². The molecule has 0 radical (unpaired) electrons. The van der Waals surface area contributed by atoms with Crippen molar-refractivity contribution in [2.45, 2.75) is 52.0 Å². The van der Waals surface area contributed by atoms with E-state index >= 15 is 0 Å². The standard InChI is InChI=1S/C21H23N5S.C2H4N.C2H6.U/c22-9-13-14(23)5-6-16-20(13)18-10-1-2-11(7-10)19(18)21(25-16)12-3-4-15(24)17(8-12)26-27;1-2-3;1-2;/h3-6,8-11,18-19,21-22,25H,1-2,7,23-24H2;2H,1H3;1-2H3;/q;-1;;. The van der Waals surface area contributed by atoms with Crippen molar-refractivity contribution >= 4 is 47.6 Å². The molecule has 2 bridgehead atoms. The van der Waals surface area contributed by atoms with E-state index in [1.807, 2.05) is 32.0 Å². The van der Waals surface area contributed by atoms with Gasteiger partial charge in [0.05, 0.1) is 11.7 Å². The van der Waals surface area contributed by atoms with Crippen molar-refractivity contribution in [3.8, 4) is 0 Å². The van der Waals surface area contributed by atoms with Gasteiger partial charge in [0, 0.05) is 66.7 Å². The predicted molar refractivity (Wildman–Crippen MR) is 139 cm³/mol. The first kappa shape index (κ1) is 27.5. The van der Waals surface area contributed by atoms with Crippen LogP contribution in [0.2, 0.25) is 0 Å². The third-order valence-corrected chi connectivity index (χ3v) is 7.18. The molecule has 174 valence electrons. The summed E-state index contributed by atoms with van der Waals surface area (Å²) in [5.41, 5.74) is 18.7. The van der Waals surface area contributed by atoms with Gasteiger partial charge in [-0.3, -0.25) is 0 Å². The average Bonchev–Trinajstić information content (AvgIpc) is 3.44. The minimum atomic E-state index is 0. The van der Waals surface area contributed by atoms with E-state index in [4.69, 9.17) is 34.7 Å². The zero-order chi connectivity index (χ0) is 23.4. The van der Waals surface area contributed by atoms with Gasteiger partial charge in [-0.25, -0.2) is 6.21 Å². The van der Waals surface area contributed by atoms with Gasteiger partial charge in [-0.05, 0) is 78.3 Å². The molecule has 1 heterocycles. The van der Waals surface area contributed by atoms with E-state index in [0.29, 0.717) is 40.7 Å². The number of benzene rings is 2. The number of fused-ring (bicyclic) bond motifs is 7. The molecule has 5 unspecified atom stereocenters. The minimum absolute atomic E-state index is 0. The maximum Gasteiger partial charge on any atom is 0.100 e. The number of rotatable bonds is 3. The fraction of sp³-hybridized carbons (Fsp3) is 0.440. The fourth-order valence-corrected chi connectivity index (χ4v) is 6.10. The number of anilines is 3. The van der Waals surface area contributed by atoms with Gasteiger partial charge in [0.1, 0.15) is 5.69 Å². The van der Waals surface area contributed by atoms with E-state index in [-0.39, 0.29) is 37.2 Å². The summed E-state index contributed by atoms with van der Waals surface area (Å²) in [6.45, 7) is 5.56. The van der Waals surface area contributed by atoms with Gasteiger partial charge in [0.25, 0.3) is 0 Å². The normalized spacial score (nSPS) is 25.4. The fourth-order valence-electron chi connectivity index (χ4n) is 5.95. The Morgan fingerprint density at radius 2 is 1.76 bits per heavy atom. The van der Waals surface area contributed by atoms with Crippen LogP contribution >= 0.6 is 0 Å². The summed E-state index contributed by atoms with van der Waals surface area (Å²) in [6, 6.07) is 10.2. The zero-order valence-electron chi connectivity index (χ0n) is 19.5. The Labute approximate surface area is 226 Å². The van der Waals surface area contributed by atoms with Crippen LogP contribution in [0.5, 0.6) is 0 Å². The maximum absolute atomic E-state index is 7.93. The molecule has 2 saturated carbocycles. The van der Waals surface area contributed by atoms with Crippen LogP contribution in [0, 0.1) is 54.3 Å². The number of nitrogens with zero attached hydrogens (tertiary/aromatic N) is 2. The maximum atomic E-state index is 7.93. The number of nitrogen functional groups attached to an aromatic ring is 2. The van der Waals surface area contributed by atoms with Crippen molar-refractivity contribution in [2.24, 2.45) is 22.1 Å². The number of nitrogens with two attached hydrogens (primary N) is 2. The SMILES string of the molecule is CC.CC=[N-].N=Cc1c(N)ccc2c1C1C3CCC(C3)C1C(c1ccc(N)c(N=S)c1)N2.[U]. The summed E-state index contributed by atoms with van der Waals surface area (Å²) in [7, 11) is 0. The summed E-state index contributed by atoms with van der Waals surface area (Å²) < 4.78 is 3.93. The Hall–Kier alpha value is -1.75. The molecule has 3 aliphatic rings. The smallest absolute Gasteiger partial charge is 0.100 e. The first-order valence-corrected chi connectivity index (χ1v) is 11.7. The van der Waals surface area contributed by atoms with Gasteiger partial charge in [0.2, 0.25) is 0 Å². The molecule has 0 spiro atoms. The Morgan fingerprint density at radius 3 is 2.39 bits per heavy atom. The van der Waals surface area contributed by atoms with Gasteiger partial charge >= 0.3 is 0 Å². The van der Waals surface area contributed by atoms with Crippen molar-refractivity contribution in [2.75, 3.05) is 16.8 Å². The van der Waals surface area contributed by atoms with Crippen LogP contribution in [-0.4, -0.2) is 12.4 Å². The molecule has 0 saturated heterocycles. The van der Waals surface area contributed by atoms with Gasteiger partial charge in [-0.2, -0.15) is 4.36 Å². The second kappa shape index (κ2) is 12.1. The summed E-state index contributed by atoms with van der Waals surface area (Å²) in [6.07, 6.45) is 6.26. The van der Waals surface area contributed by atoms with Crippen molar-refractivity contribution in [3.05, 3.63) is 52.4 Å². The molecular formula is C25H33N6SU-. The summed E-state index contributed by atoms with van der Waals surface area (Å²) in [4.78, 5) is 0. The van der Waals surface area contributed by atoms with E-state index in [1.165, 1.54) is 36.6 Å². The largest absolute Gasteiger partial charge is 0.814 e. The third-order valence-electron chi connectivity index (χ3n) is 6.99. The molecule has 2 fully saturated rings. The van der Waals surface area contributed by atoms with E-state index in [2.05, 4.69) is 21.8 Å². The topological polar surface area (TPSA) is 123 Å². The Morgan fingerprint density at radius 1 is 1.12 bits per heavy atom. The molecule has 6 N–H and O–H groups in total. The molecule has 2 aromatic rings. The minimum Gasteiger partial charge on any atom is -0.814 e. The van der Waals surface area contributed by atoms with E-state index in [1.54, 1.807) is 6.92 Å². The second-order valence-electron chi connectivity index (χ2n) is 8.40. The Balaban J connectivity index is 0.000000597. The summed E-state index contributed by atoms with van der Waals surface area (Å²) in [5.74, 6) is 2.33. The zero-order valence-corrected chi connectivity index (χ0v) is 24.5. The summed E-state index contributed by atoms with van der Waals surface area (Å²) in [5, 5.41) is 19.1. The molecule has 0 aromatic heterocycles. The van der Waals surface area contributed by atoms with Crippen LogP contribution in [0.1, 0.15) is 68.7 Å². The molecule has 5 rings (SSSR count). The van der Waals surface area contributed by atoms with Crippen molar-refractivity contribution in [1.82, 2.24) is 0 Å². The van der Waals surface area contributed by atoms with Gasteiger partial charge < -0.3 is 27.6 Å². The van der Waals surface area contributed by atoms with Crippen LogP contribution in [0.4, 0.5) is 22.7 Å². The first-order valence-electron chi connectivity index (χ1n) is 11.4. The average molecular weight is 688 g/mol. The molecule has 5 atom stereocenters. The Bertz CT molecular complexity index is 1010. The molecule has 8 heteroatoms. The van der Waals surface area contributed by atoms with Crippen LogP contribution in [-0.2, 0) is 12.4 Å². The molecule has 0 amide bonds. The van der Waals surface area contributed by atoms with Crippen LogP contribution in [0.3, 0.4) is 0 Å². The predicted octanol–water partition coefficient (Wildman–Crippen LogP) is 6.18. The van der Waals surface area contributed by atoms with Gasteiger partial charge in [0.15, 0.2) is 0 Å². The molecular weight excluding hydrogens is 654 g/mol. The molecule has 33 heavy (non-hydrogen) atoms. The molecule has 1 aliphatic heterocycles. The van der Waals surface area contributed by atoms with Gasteiger partial charge in [-0.1, -0.05) is 26.8 Å². The molecule has 2 aromatic carbocycles. The number of hydrogen-bond acceptors (Lipinski definition) is 6. The molecule has 2 aliphatic carbocycles. The van der Waals surface area contributed by atoms with Crippen molar-refractivity contribution in [3.63, 3.8) is 0 Å². The van der Waals surface area contributed by atoms with Crippen LogP contribution in [0.15, 0.2) is 34.7 Å². The quantitative estimate of drug-likeness (QED) is 0.228. The second-order valence-corrected chi connectivity index (χ2v) is 8.58. The van der Waals surface area contributed by atoms with Gasteiger partial charge in [-0.15, -0.1) is 0 Å². The summed E-state index contributed by atoms with van der Waals surface area (Å²) >= 11 is 4.91. The van der Waals surface area contributed by atoms with Crippen LogP contribution in [0.25, 0.3) is 5.41 Å². The van der Waals surface area contributed by atoms with E-state index in [9.17, 15) is 0 Å². The van der Waals surface area contributed by atoms with E-state index in [0.717, 1.165) is 17.5 Å². The first-order chi connectivity index (χ1) is 15.5.